The first-order valence-corrected chi connectivity index (χ1v) is 8.98. The van der Waals surface area contributed by atoms with Crippen molar-refractivity contribution in [3.8, 4) is 11.3 Å². The number of urea groups is 1. The average molecular weight is 363 g/mol. The molecule has 6 nitrogen and oxygen atoms in total. The smallest absolute Gasteiger partial charge is 0.308 e. The lowest BCUT2D eigenvalue weighted by Gasteiger charge is -2.12. The third kappa shape index (κ3) is 3.16. The van der Waals surface area contributed by atoms with Gasteiger partial charge in [0.1, 0.15) is 0 Å². The van der Waals surface area contributed by atoms with Crippen molar-refractivity contribution < 1.29 is 4.79 Å². The van der Waals surface area contributed by atoms with Crippen LogP contribution < -0.4 is 10.6 Å². The second kappa shape index (κ2) is 6.61. The highest BCUT2D eigenvalue weighted by atomic mass is 32.1. The lowest BCUT2D eigenvalue weighted by Crippen LogP contribution is -2.20. The maximum Gasteiger partial charge on any atom is 0.323 e. The molecule has 4 aromatic rings. The maximum absolute atomic E-state index is 12.4. The van der Waals surface area contributed by atoms with Gasteiger partial charge in [-0.2, -0.15) is 5.10 Å². The van der Waals surface area contributed by atoms with Gasteiger partial charge in [-0.15, -0.1) is 11.3 Å². The quantitative estimate of drug-likeness (QED) is 0.556. The van der Waals surface area contributed by atoms with Crippen LogP contribution in [-0.2, 0) is 7.05 Å². The van der Waals surface area contributed by atoms with E-state index < -0.39 is 0 Å². The third-order valence-corrected chi connectivity index (χ3v) is 5.00. The zero-order chi connectivity index (χ0) is 18.1. The summed E-state index contributed by atoms with van der Waals surface area (Å²) in [6.45, 7) is 1.96. The number of nitrogens with one attached hydrogen (secondary N) is 2. The average Bonchev–Trinajstić information content (AvgIpc) is 3.25. The number of anilines is 2. The Bertz CT molecular complexity index is 1100. The lowest BCUT2D eigenvalue weighted by atomic mass is 10.1. The van der Waals surface area contributed by atoms with Crippen LogP contribution in [0.25, 0.3) is 21.5 Å². The van der Waals surface area contributed by atoms with Crippen LogP contribution in [0.15, 0.2) is 54.2 Å². The molecule has 0 saturated carbocycles. The van der Waals surface area contributed by atoms with E-state index in [1.165, 1.54) is 0 Å². The van der Waals surface area contributed by atoms with Crippen LogP contribution in [0.2, 0.25) is 0 Å². The third-order valence-electron chi connectivity index (χ3n) is 4.19. The standard InChI is InChI=1S/C19H17N5OS/c1-12-3-4-13(17-7-8-21-24(17)2)9-15(12)23-19(25)22-14-5-6-18-16(10-14)20-11-26-18/h3-11H,1-2H3,(H2,22,23,25). The van der Waals surface area contributed by atoms with E-state index in [2.05, 4.69) is 20.7 Å². The fourth-order valence-electron chi connectivity index (χ4n) is 2.79. The Balaban J connectivity index is 1.54. The van der Waals surface area contributed by atoms with Crippen LogP contribution in [0.4, 0.5) is 16.2 Å². The number of fused-ring (bicyclic) bond motifs is 1. The van der Waals surface area contributed by atoms with Crippen LogP contribution >= 0.6 is 11.3 Å². The maximum atomic E-state index is 12.4. The molecule has 0 saturated heterocycles. The number of aryl methyl sites for hydroxylation is 2. The summed E-state index contributed by atoms with van der Waals surface area (Å²) in [4.78, 5) is 16.7. The molecule has 7 heteroatoms. The van der Waals surface area contributed by atoms with Crippen molar-refractivity contribution in [2.75, 3.05) is 10.6 Å². The van der Waals surface area contributed by atoms with Gasteiger partial charge in [0.05, 0.1) is 21.4 Å². The number of benzene rings is 2. The van der Waals surface area contributed by atoms with Gasteiger partial charge >= 0.3 is 6.03 Å². The fraction of sp³-hybridized carbons (Fsp3) is 0.105. The Morgan fingerprint density at radius 2 is 2.00 bits per heavy atom. The number of thiazole rings is 1. The van der Waals surface area contributed by atoms with Crippen molar-refractivity contribution in [1.82, 2.24) is 14.8 Å². The molecule has 0 radical (unpaired) electrons. The number of amides is 2. The first-order valence-electron chi connectivity index (χ1n) is 8.10. The summed E-state index contributed by atoms with van der Waals surface area (Å²) in [5.41, 5.74) is 7.11. The van der Waals surface area contributed by atoms with Crippen molar-refractivity contribution in [2.24, 2.45) is 7.05 Å². The second-order valence-electron chi connectivity index (χ2n) is 5.98. The van der Waals surface area contributed by atoms with Gasteiger partial charge in [-0.3, -0.25) is 4.68 Å². The molecule has 0 spiro atoms. The van der Waals surface area contributed by atoms with E-state index in [9.17, 15) is 4.79 Å². The molecule has 0 fully saturated rings. The van der Waals surface area contributed by atoms with Crippen molar-refractivity contribution in [3.63, 3.8) is 0 Å². The Morgan fingerprint density at radius 3 is 2.81 bits per heavy atom. The molecule has 0 unspecified atom stereocenters. The van der Waals surface area contributed by atoms with Gasteiger partial charge in [0.2, 0.25) is 0 Å². The zero-order valence-electron chi connectivity index (χ0n) is 14.4. The predicted octanol–water partition coefficient (Wildman–Crippen LogP) is 4.65. The topological polar surface area (TPSA) is 71.8 Å². The van der Waals surface area contributed by atoms with Gasteiger partial charge in [-0.05, 0) is 42.8 Å². The number of carbonyl (C=O) groups excluding carboxylic acids is 1. The zero-order valence-corrected chi connectivity index (χ0v) is 15.2. The highest BCUT2D eigenvalue weighted by molar-refractivity contribution is 7.16. The molecule has 2 N–H and O–H groups in total. The number of aromatic nitrogens is 3. The van der Waals surface area contributed by atoms with Crippen molar-refractivity contribution in [3.05, 3.63) is 59.7 Å². The van der Waals surface area contributed by atoms with Crippen LogP contribution in [0, 0.1) is 6.92 Å². The van der Waals surface area contributed by atoms with Crippen molar-refractivity contribution in [2.45, 2.75) is 6.92 Å². The summed E-state index contributed by atoms with van der Waals surface area (Å²) in [5.74, 6) is 0. The van der Waals surface area contributed by atoms with Gasteiger partial charge in [-0.25, -0.2) is 9.78 Å². The fourth-order valence-corrected chi connectivity index (χ4v) is 3.45. The minimum absolute atomic E-state index is 0.287. The van der Waals surface area contributed by atoms with E-state index in [0.29, 0.717) is 5.69 Å². The Kier molecular flexibility index (Phi) is 4.14. The van der Waals surface area contributed by atoms with E-state index in [4.69, 9.17) is 0 Å². The molecule has 4 rings (SSSR count). The Morgan fingerprint density at radius 1 is 1.12 bits per heavy atom. The van der Waals surface area contributed by atoms with Crippen molar-refractivity contribution >= 4 is 39.0 Å². The number of rotatable bonds is 3. The summed E-state index contributed by atoms with van der Waals surface area (Å²) < 4.78 is 2.90. The van der Waals surface area contributed by atoms with E-state index >= 15 is 0 Å². The monoisotopic (exact) mass is 363 g/mol. The molecule has 0 aliphatic rings. The summed E-state index contributed by atoms with van der Waals surface area (Å²) in [6.07, 6.45) is 1.75. The van der Waals surface area contributed by atoms with Gasteiger partial charge in [0.15, 0.2) is 0 Å². The molecule has 0 aliphatic carbocycles. The van der Waals surface area contributed by atoms with Crippen molar-refractivity contribution in [1.29, 1.82) is 0 Å². The van der Waals surface area contributed by atoms with Crippen LogP contribution in [0.5, 0.6) is 0 Å². The number of nitrogens with zero attached hydrogens (tertiary/aromatic N) is 3. The second-order valence-corrected chi connectivity index (χ2v) is 6.87. The minimum atomic E-state index is -0.287. The molecule has 2 aromatic heterocycles. The van der Waals surface area contributed by atoms with Gasteiger partial charge < -0.3 is 10.6 Å². The first kappa shape index (κ1) is 16.3. The van der Waals surface area contributed by atoms with E-state index in [0.717, 1.165) is 32.7 Å². The largest absolute Gasteiger partial charge is 0.323 e. The minimum Gasteiger partial charge on any atom is -0.308 e. The highest BCUT2D eigenvalue weighted by Gasteiger charge is 2.09. The summed E-state index contributed by atoms with van der Waals surface area (Å²) in [5, 5.41) is 9.98. The summed E-state index contributed by atoms with van der Waals surface area (Å²) >= 11 is 1.57. The summed E-state index contributed by atoms with van der Waals surface area (Å²) in [6, 6.07) is 13.3. The number of hydrogen-bond acceptors (Lipinski definition) is 4. The molecule has 0 aliphatic heterocycles. The van der Waals surface area contributed by atoms with Crippen LogP contribution in [0.3, 0.4) is 0 Å². The highest BCUT2D eigenvalue weighted by Crippen LogP contribution is 2.25. The predicted molar refractivity (Wildman–Crippen MR) is 106 cm³/mol. The molecule has 2 aromatic carbocycles. The molecule has 26 heavy (non-hydrogen) atoms. The normalized spacial score (nSPS) is 10.8. The van der Waals surface area contributed by atoms with Gasteiger partial charge in [-0.1, -0.05) is 12.1 Å². The molecule has 0 bridgehead atoms. The Hall–Kier alpha value is -3.19. The molecule has 2 heterocycles. The molecular formula is C19H17N5OS. The van der Waals surface area contributed by atoms with E-state index in [1.807, 2.05) is 56.4 Å². The summed E-state index contributed by atoms with van der Waals surface area (Å²) in [7, 11) is 1.89. The lowest BCUT2D eigenvalue weighted by molar-refractivity contribution is 0.262. The molecule has 0 atom stereocenters. The van der Waals surface area contributed by atoms with Gasteiger partial charge in [0, 0.05) is 30.2 Å². The van der Waals surface area contributed by atoms with Gasteiger partial charge in [0.25, 0.3) is 0 Å². The Labute approximate surface area is 154 Å². The molecular weight excluding hydrogens is 346 g/mol. The molecule has 130 valence electrons. The number of carbonyl (C=O) groups is 1. The van der Waals surface area contributed by atoms with Crippen LogP contribution in [-0.4, -0.2) is 20.8 Å². The van der Waals surface area contributed by atoms with E-state index in [1.54, 1.807) is 27.7 Å². The molecule has 2 amide bonds. The first-order chi connectivity index (χ1) is 12.6. The number of hydrogen-bond donors (Lipinski definition) is 2. The van der Waals surface area contributed by atoms with E-state index in [-0.39, 0.29) is 6.03 Å². The van der Waals surface area contributed by atoms with Crippen LogP contribution in [0.1, 0.15) is 5.56 Å². The SMILES string of the molecule is Cc1ccc(-c2ccnn2C)cc1NC(=O)Nc1ccc2scnc2c1.